The molecule has 2 aliphatic heterocycles. The van der Waals surface area contributed by atoms with E-state index in [1.54, 1.807) is 18.2 Å². The molecule has 0 fully saturated rings. The standard InChI is InChI=1S/C27H28N4O4S/c1-17(2)35-23-10-8-22(9-11-23)31-18(3)5-6-20-16-24(29-26(20)31)27(32)28-21-7-12-25-19(15-21)13-14-30(25)36(4,33)34/h5-12,15-17,29H,3,13-14H2,1-2,4H3,(H,28,32). The molecule has 0 spiro atoms. The van der Waals surface area contributed by atoms with Crippen molar-refractivity contribution in [3.8, 4) is 5.75 Å². The first-order valence-electron chi connectivity index (χ1n) is 11.7. The van der Waals surface area contributed by atoms with Gasteiger partial charge in [-0.3, -0.25) is 14.0 Å². The van der Waals surface area contributed by atoms with Crippen LogP contribution in [0, 0.1) is 0 Å². The van der Waals surface area contributed by atoms with Crippen LogP contribution in [0.4, 0.5) is 22.9 Å². The van der Waals surface area contributed by atoms with Crippen molar-refractivity contribution >= 4 is 44.9 Å². The van der Waals surface area contributed by atoms with E-state index < -0.39 is 10.0 Å². The third-order valence-electron chi connectivity index (χ3n) is 6.09. The molecule has 2 aliphatic rings. The molecule has 2 N–H and O–H groups in total. The number of fused-ring (bicyclic) bond motifs is 2. The Morgan fingerprint density at radius 3 is 2.56 bits per heavy atom. The Morgan fingerprint density at radius 1 is 1.11 bits per heavy atom. The molecule has 0 saturated carbocycles. The van der Waals surface area contributed by atoms with Crippen LogP contribution in [0.2, 0.25) is 0 Å². The zero-order valence-electron chi connectivity index (χ0n) is 20.4. The first-order valence-corrected chi connectivity index (χ1v) is 13.5. The minimum absolute atomic E-state index is 0.0871. The van der Waals surface area contributed by atoms with Crippen molar-refractivity contribution in [2.24, 2.45) is 0 Å². The Hall–Kier alpha value is -3.98. The van der Waals surface area contributed by atoms with Gasteiger partial charge >= 0.3 is 0 Å². The number of H-pyrrole nitrogens is 1. The largest absolute Gasteiger partial charge is 0.491 e. The Kier molecular flexibility index (Phi) is 5.88. The van der Waals surface area contributed by atoms with Crippen LogP contribution in [0.3, 0.4) is 0 Å². The number of allylic oxidation sites excluding steroid dienone is 1. The van der Waals surface area contributed by atoms with E-state index in [1.807, 2.05) is 61.2 Å². The van der Waals surface area contributed by atoms with E-state index >= 15 is 0 Å². The molecule has 9 heteroatoms. The van der Waals surface area contributed by atoms with Gasteiger partial charge in [0.15, 0.2) is 0 Å². The lowest BCUT2D eigenvalue weighted by molar-refractivity contribution is 0.102. The summed E-state index contributed by atoms with van der Waals surface area (Å²) in [6.07, 6.45) is 5.72. The number of anilines is 4. The smallest absolute Gasteiger partial charge is 0.272 e. The van der Waals surface area contributed by atoms with E-state index in [-0.39, 0.29) is 12.0 Å². The number of hydrogen-bond acceptors (Lipinski definition) is 5. The number of benzene rings is 2. The lowest BCUT2D eigenvalue weighted by atomic mass is 10.1. The average Bonchev–Trinajstić information content (AvgIpc) is 3.43. The molecule has 0 unspecified atom stereocenters. The molecule has 0 saturated heterocycles. The third kappa shape index (κ3) is 4.49. The Balaban J connectivity index is 1.37. The monoisotopic (exact) mass is 504 g/mol. The Morgan fingerprint density at radius 2 is 1.86 bits per heavy atom. The number of rotatable bonds is 6. The molecular weight excluding hydrogens is 476 g/mol. The molecule has 36 heavy (non-hydrogen) atoms. The summed E-state index contributed by atoms with van der Waals surface area (Å²) in [5.74, 6) is 1.25. The van der Waals surface area contributed by atoms with E-state index in [9.17, 15) is 13.2 Å². The van der Waals surface area contributed by atoms with Gasteiger partial charge < -0.3 is 15.0 Å². The van der Waals surface area contributed by atoms with Crippen LogP contribution in [0.1, 0.15) is 35.5 Å². The maximum absolute atomic E-state index is 13.1. The average molecular weight is 505 g/mol. The van der Waals surface area contributed by atoms with Crippen molar-refractivity contribution in [2.75, 3.05) is 27.3 Å². The van der Waals surface area contributed by atoms with Gasteiger partial charge in [-0.1, -0.05) is 6.58 Å². The summed E-state index contributed by atoms with van der Waals surface area (Å²) in [5.41, 5.74) is 5.09. The van der Waals surface area contributed by atoms with Gasteiger partial charge in [0.2, 0.25) is 10.0 Å². The fraction of sp³-hybridized carbons (Fsp3) is 0.222. The number of ether oxygens (including phenoxy) is 1. The van der Waals surface area contributed by atoms with Crippen molar-refractivity contribution in [3.63, 3.8) is 0 Å². The van der Waals surface area contributed by atoms with Crippen LogP contribution in [0.15, 0.2) is 66.9 Å². The maximum atomic E-state index is 13.1. The van der Waals surface area contributed by atoms with E-state index in [4.69, 9.17) is 4.74 Å². The van der Waals surface area contributed by atoms with Crippen LogP contribution in [0.5, 0.6) is 5.75 Å². The molecule has 1 amide bonds. The Bertz CT molecular complexity index is 1490. The zero-order valence-corrected chi connectivity index (χ0v) is 21.2. The number of carbonyl (C=O) groups is 1. The summed E-state index contributed by atoms with van der Waals surface area (Å²) in [7, 11) is -3.32. The number of aromatic amines is 1. The quantitative estimate of drug-likeness (QED) is 0.490. The summed E-state index contributed by atoms with van der Waals surface area (Å²) < 4.78 is 31.1. The first kappa shape index (κ1) is 23.7. The van der Waals surface area contributed by atoms with Crippen LogP contribution >= 0.6 is 0 Å². The predicted molar refractivity (Wildman–Crippen MR) is 144 cm³/mol. The second-order valence-corrected chi connectivity index (χ2v) is 11.1. The van der Waals surface area contributed by atoms with Crippen molar-refractivity contribution < 1.29 is 17.9 Å². The zero-order chi connectivity index (χ0) is 25.6. The molecule has 0 atom stereocenters. The number of sulfonamides is 1. The van der Waals surface area contributed by atoms with E-state index in [0.717, 1.165) is 34.1 Å². The highest BCUT2D eigenvalue weighted by Crippen LogP contribution is 2.38. The lowest BCUT2D eigenvalue weighted by Crippen LogP contribution is -2.27. The summed E-state index contributed by atoms with van der Waals surface area (Å²) in [5, 5.41) is 2.92. The van der Waals surface area contributed by atoms with E-state index in [1.165, 1.54) is 10.6 Å². The number of hydrogen-bond donors (Lipinski definition) is 2. The molecule has 0 aliphatic carbocycles. The number of nitrogens with one attached hydrogen (secondary N) is 2. The van der Waals surface area contributed by atoms with Crippen molar-refractivity contribution in [1.82, 2.24) is 4.98 Å². The fourth-order valence-electron chi connectivity index (χ4n) is 4.53. The van der Waals surface area contributed by atoms with Crippen LogP contribution in [-0.2, 0) is 16.4 Å². The SMILES string of the molecule is C=C1C=Cc2cc(C(=O)Nc3ccc4c(c3)CCN4S(C)(=O)=O)[nH]c2N1c1ccc(OC(C)C)cc1. The van der Waals surface area contributed by atoms with Crippen LogP contribution in [0.25, 0.3) is 6.08 Å². The molecule has 5 rings (SSSR count). The molecule has 1 aromatic heterocycles. The number of nitrogens with zero attached hydrogens (tertiary/aromatic N) is 2. The van der Waals surface area contributed by atoms with Crippen LogP contribution < -0.4 is 19.3 Å². The first-order chi connectivity index (χ1) is 17.1. The second kappa shape index (κ2) is 8.91. The van der Waals surface area contributed by atoms with Crippen LogP contribution in [-0.4, -0.2) is 38.2 Å². The fourth-order valence-corrected chi connectivity index (χ4v) is 5.49. The summed E-state index contributed by atoms with van der Waals surface area (Å²) in [4.78, 5) is 18.3. The summed E-state index contributed by atoms with van der Waals surface area (Å²) >= 11 is 0. The highest BCUT2D eigenvalue weighted by Gasteiger charge is 2.27. The van der Waals surface area contributed by atoms with Crippen molar-refractivity contribution in [2.45, 2.75) is 26.4 Å². The van der Waals surface area contributed by atoms with Crippen molar-refractivity contribution in [1.29, 1.82) is 0 Å². The molecule has 186 valence electrons. The third-order valence-corrected chi connectivity index (χ3v) is 7.27. The predicted octanol–water partition coefficient (Wildman–Crippen LogP) is 5.05. The number of carbonyl (C=O) groups excluding carboxylic acids is 1. The molecule has 3 heterocycles. The molecule has 8 nitrogen and oxygen atoms in total. The van der Waals surface area contributed by atoms with Gasteiger partial charge in [-0.25, -0.2) is 8.42 Å². The maximum Gasteiger partial charge on any atom is 0.272 e. The minimum atomic E-state index is -3.32. The highest BCUT2D eigenvalue weighted by molar-refractivity contribution is 7.92. The van der Waals surface area contributed by atoms with Gasteiger partial charge in [-0.05, 0) is 86.5 Å². The normalized spacial score (nSPS) is 14.7. The van der Waals surface area contributed by atoms with E-state index in [0.29, 0.717) is 30.0 Å². The summed E-state index contributed by atoms with van der Waals surface area (Å²) in [6.45, 7) is 8.53. The van der Waals surface area contributed by atoms with Gasteiger partial charge in [-0.2, -0.15) is 0 Å². The second-order valence-electron chi connectivity index (χ2n) is 9.19. The summed E-state index contributed by atoms with van der Waals surface area (Å²) in [6, 6.07) is 14.8. The minimum Gasteiger partial charge on any atom is -0.491 e. The number of aromatic nitrogens is 1. The lowest BCUT2D eigenvalue weighted by Gasteiger charge is -2.27. The molecule has 0 radical (unpaired) electrons. The van der Waals surface area contributed by atoms with E-state index in [2.05, 4.69) is 16.9 Å². The number of amides is 1. The van der Waals surface area contributed by atoms with Gasteiger partial charge in [0.05, 0.1) is 18.0 Å². The van der Waals surface area contributed by atoms with Gasteiger partial charge in [0, 0.05) is 29.2 Å². The Labute approximate surface area is 210 Å². The molecule has 3 aromatic rings. The van der Waals surface area contributed by atoms with Gasteiger partial charge in [0.25, 0.3) is 5.91 Å². The van der Waals surface area contributed by atoms with Gasteiger partial charge in [0.1, 0.15) is 17.3 Å². The molecule has 2 aromatic carbocycles. The topological polar surface area (TPSA) is 94.7 Å². The molecule has 0 bridgehead atoms. The highest BCUT2D eigenvalue weighted by atomic mass is 32.2. The van der Waals surface area contributed by atoms with Crippen molar-refractivity contribution in [3.05, 3.63) is 83.7 Å². The molecular formula is C27H28N4O4S. The van der Waals surface area contributed by atoms with Gasteiger partial charge in [-0.15, -0.1) is 0 Å².